The Labute approximate surface area is 362 Å². The Bertz CT molecular complexity index is 1900. The molecular weight excluding hydrogens is 769 g/mol. The number of nitrogens with one attached hydrogen (secondary N) is 3. The zero-order chi connectivity index (χ0) is 42.6. The van der Waals surface area contributed by atoms with Gasteiger partial charge in [-0.05, 0) is 119 Å². The number of carbonyl (C=O) groups is 1. The smallest absolute Gasteiger partial charge is 0.171 e. The normalized spacial score (nSPS) is 48.3. The van der Waals surface area contributed by atoms with Crippen LogP contribution in [0.25, 0.3) is 0 Å². The van der Waals surface area contributed by atoms with E-state index in [0.29, 0.717) is 6.42 Å². The number of fused-ring (bicyclic) bond motifs is 5. The van der Waals surface area contributed by atoms with E-state index in [4.69, 9.17) is 10.7 Å². The maximum Gasteiger partial charge on any atom is 0.171 e. The Balaban J connectivity index is 1.09. The molecule has 0 amide bonds. The summed E-state index contributed by atoms with van der Waals surface area (Å²) in [6.07, 6.45) is 16.0. The Morgan fingerprint density at radius 3 is 2.54 bits per heavy atom. The highest BCUT2D eigenvalue weighted by molar-refractivity contribution is 5.65. The van der Waals surface area contributed by atoms with Gasteiger partial charge < -0.3 is 46.3 Å². The second-order valence-electron chi connectivity index (χ2n) is 22.8. The molecule has 0 aromatic heterocycles. The quantitative estimate of drug-likeness (QED) is 0.205. The van der Waals surface area contributed by atoms with Crippen molar-refractivity contribution >= 4 is 12.2 Å². The third-order valence-corrected chi connectivity index (χ3v) is 19.1. The molecule has 3 aliphatic carbocycles. The first kappa shape index (κ1) is 42.7. The SMILES string of the molecule is CC12CC(N)NC(Cc3cccc(c3)CC3C4(C=C5CCCC6(C)C(O)CC([NH+]7CC=NC7)C7C(CC4)C3(O)C5CN76)CCC3(CCCC3)C(O)CC(O)(CC(=O)[O-])CN1)C2. The molecule has 4 saturated heterocycles. The molecule has 2 saturated carbocycles. The highest BCUT2D eigenvalue weighted by Crippen LogP contribution is 2.67. The number of rotatable bonds is 3. The molecule has 6 heterocycles. The predicted molar refractivity (Wildman–Crippen MR) is 231 cm³/mol. The molecule has 10 rings (SSSR count). The maximum atomic E-state index is 14.3. The number of allylic oxidation sites excluding steroid dienone is 1. The van der Waals surface area contributed by atoms with Crippen molar-refractivity contribution in [2.45, 2.75) is 188 Å². The van der Waals surface area contributed by atoms with E-state index < -0.39 is 46.8 Å². The molecule has 9 N–H and O–H groups in total. The van der Waals surface area contributed by atoms with Crippen LogP contribution >= 0.6 is 0 Å². The lowest BCUT2D eigenvalue weighted by atomic mass is 9.42. The van der Waals surface area contributed by atoms with E-state index in [-0.39, 0.29) is 66.0 Å². The maximum absolute atomic E-state index is 14.3. The van der Waals surface area contributed by atoms with Crippen molar-refractivity contribution in [1.82, 2.24) is 15.5 Å². The number of hydrogen-bond donors (Lipinski definition) is 8. The van der Waals surface area contributed by atoms with Crippen LogP contribution in [0.4, 0.5) is 0 Å². The first-order chi connectivity index (χ1) is 29.1. The number of aliphatic hydroxyl groups is 4. The molecule has 9 aliphatic rings. The molecule has 6 fully saturated rings. The average molecular weight is 843 g/mol. The van der Waals surface area contributed by atoms with Gasteiger partial charge in [0.25, 0.3) is 0 Å². The number of aliphatic hydroxyl groups excluding tert-OH is 2. The summed E-state index contributed by atoms with van der Waals surface area (Å²) >= 11 is 0. The highest BCUT2D eigenvalue weighted by Gasteiger charge is 2.71. The van der Waals surface area contributed by atoms with Gasteiger partial charge >= 0.3 is 0 Å². The summed E-state index contributed by atoms with van der Waals surface area (Å²) in [7, 11) is 0. The molecular formula is C49H74N6O6. The minimum absolute atomic E-state index is 0.0209. The first-order valence-electron chi connectivity index (χ1n) is 24.2. The van der Waals surface area contributed by atoms with Crippen molar-refractivity contribution in [3.63, 3.8) is 0 Å². The average Bonchev–Trinajstić information content (AvgIpc) is 3.91. The minimum Gasteiger partial charge on any atom is -0.550 e. The van der Waals surface area contributed by atoms with Crippen LogP contribution in [0.3, 0.4) is 0 Å². The van der Waals surface area contributed by atoms with E-state index in [1.807, 2.05) is 0 Å². The van der Waals surface area contributed by atoms with Gasteiger partial charge in [-0.1, -0.05) is 48.8 Å². The molecule has 15 atom stereocenters. The number of carboxylic acids is 1. The van der Waals surface area contributed by atoms with Crippen molar-refractivity contribution in [2.24, 2.45) is 39.3 Å². The summed E-state index contributed by atoms with van der Waals surface area (Å²) in [6.45, 7) is 6.78. The minimum atomic E-state index is -1.71. The van der Waals surface area contributed by atoms with Gasteiger partial charge in [-0.2, -0.15) is 0 Å². The van der Waals surface area contributed by atoms with Crippen LogP contribution in [0.15, 0.2) is 40.9 Å². The highest BCUT2D eigenvalue weighted by atomic mass is 16.4. The molecule has 1 aromatic carbocycles. The third-order valence-electron chi connectivity index (χ3n) is 19.1. The zero-order valence-electron chi connectivity index (χ0n) is 36.8. The fourth-order valence-corrected chi connectivity index (χ4v) is 16.1. The molecule has 8 bridgehead atoms. The molecule has 15 unspecified atom stereocenters. The number of carbonyl (C=O) groups excluding carboxylic acids is 1. The number of β-amino-alcohol motifs (C(OH)–C–C–N with tert-alkyl or cyclic N) is 1. The summed E-state index contributed by atoms with van der Waals surface area (Å²) in [5, 5.41) is 70.6. The molecule has 61 heavy (non-hydrogen) atoms. The number of nitrogens with two attached hydrogens (primary N) is 1. The lowest BCUT2D eigenvalue weighted by Crippen LogP contribution is -3.17. The van der Waals surface area contributed by atoms with Gasteiger partial charge in [0, 0.05) is 73.2 Å². The van der Waals surface area contributed by atoms with Crippen LogP contribution < -0.4 is 26.4 Å². The second-order valence-corrected chi connectivity index (χ2v) is 22.8. The van der Waals surface area contributed by atoms with E-state index in [2.05, 4.69) is 65.9 Å². The van der Waals surface area contributed by atoms with Crippen LogP contribution in [-0.4, -0.2) is 123 Å². The van der Waals surface area contributed by atoms with Gasteiger partial charge in [-0.25, -0.2) is 4.99 Å². The van der Waals surface area contributed by atoms with Crippen molar-refractivity contribution in [1.29, 1.82) is 0 Å². The fourth-order valence-electron chi connectivity index (χ4n) is 16.1. The predicted octanol–water partition coefficient (Wildman–Crippen LogP) is 1.12. The van der Waals surface area contributed by atoms with Gasteiger partial charge in [-0.15, -0.1) is 0 Å². The molecule has 336 valence electrons. The van der Waals surface area contributed by atoms with Crippen molar-refractivity contribution in [3.05, 3.63) is 47.0 Å². The Hall–Kier alpha value is -2.26. The standard InChI is InChI=1S/C49H74N6O6/c1-44-24-34(53-41(50)26-44)20-31-7-5-8-32(19-31)21-38-47(16-15-46(12-3-4-13-46)40(57)25-48(60,29-52-44)27-42(58)59)14-10-35-43-37(54-18-17-51-30-54)22-39(56)45(2)11-6-9-33(23-47)36(28-55(43)45)49(35,38)61/h5,7-8,17,19,23,34-41,43,52-53,56-57,60-61H,3-4,6,9-16,18,20-22,24-30,50H2,1-2H3,(H,58,59). The fraction of sp³-hybridized carbons (Fsp3) is 0.796. The summed E-state index contributed by atoms with van der Waals surface area (Å²) < 4.78 is 0. The van der Waals surface area contributed by atoms with Gasteiger partial charge in [0.1, 0.15) is 12.6 Å². The summed E-state index contributed by atoms with van der Waals surface area (Å²) in [5.41, 5.74) is 6.32. The summed E-state index contributed by atoms with van der Waals surface area (Å²) in [6, 6.07) is 9.40. The van der Waals surface area contributed by atoms with E-state index in [1.54, 1.807) is 0 Å². The lowest BCUT2D eigenvalue weighted by Gasteiger charge is -2.71. The third kappa shape index (κ3) is 7.21. The number of quaternary nitrogens is 1. The van der Waals surface area contributed by atoms with Gasteiger partial charge in [0.05, 0.1) is 41.8 Å². The van der Waals surface area contributed by atoms with E-state index in [9.17, 15) is 30.3 Å². The molecule has 1 aromatic rings. The molecule has 12 heteroatoms. The lowest BCUT2D eigenvalue weighted by molar-refractivity contribution is -0.916. The van der Waals surface area contributed by atoms with Gasteiger partial charge in [0.15, 0.2) is 6.67 Å². The van der Waals surface area contributed by atoms with Gasteiger partial charge in [-0.3, -0.25) is 10.2 Å². The summed E-state index contributed by atoms with van der Waals surface area (Å²) in [4.78, 5) is 21.1. The monoisotopic (exact) mass is 843 g/mol. The number of hydrogen-bond acceptors (Lipinski definition) is 11. The number of nitrogens with zero attached hydrogens (tertiary/aromatic N) is 2. The van der Waals surface area contributed by atoms with Crippen LogP contribution in [0.1, 0.15) is 128 Å². The number of aliphatic imine (C=N–C) groups is 1. The van der Waals surface area contributed by atoms with E-state index in [1.165, 1.54) is 21.6 Å². The Morgan fingerprint density at radius 1 is 1.00 bits per heavy atom. The summed E-state index contributed by atoms with van der Waals surface area (Å²) in [5.74, 6) is -1.35. The van der Waals surface area contributed by atoms with E-state index in [0.717, 1.165) is 116 Å². The molecule has 6 aliphatic heterocycles. The number of benzene rings is 1. The van der Waals surface area contributed by atoms with Crippen LogP contribution in [0.5, 0.6) is 0 Å². The zero-order valence-corrected chi connectivity index (χ0v) is 36.8. The Morgan fingerprint density at radius 2 is 1.79 bits per heavy atom. The largest absolute Gasteiger partial charge is 0.550 e. The van der Waals surface area contributed by atoms with Crippen molar-refractivity contribution in [3.8, 4) is 0 Å². The number of aliphatic carboxylic acids is 1. The van der Waals surface area contributed by atoms with E-state index >= 15 is 0 Å². The van der Waals surface area contributed by atoms with Gasteiger partial charge in [0.2, 0.25) is 0 Å². The topological polar surface area (TPSA) is 191 Å². The number of carboxylic acid groups (broad SMARTS) is 1. The molecule has 0 radical (unpaired) electrons. The molecule has 12 nitrogen and oxygen atoms in total. The van der Waals surface area contributed by atoms with Crippen molar-refractivity contribution in [2.75, 3.05) is 26.3 Å². The first-order valence-corrected chi connectivity index (χ1v) is 24.2. The van der Waals surface area contributed by atoms with Crippen LogP contribution in [0, 0.1) is 28.6 Å². The number of piperidine rings is 3. The van der Waals surface area contributed by atoms with Crippen LogP contribution in [0.2, 0.25) is 0 Å². The van der Waals surface area contributed by atoms with Crippen LogP contribution in [-0.2, 0) is 17.6 Å². The second kappa shape index (κ2) is 15.4. The Kier molecular flexibility index (Phi) is 10.8. The van der Waals surface area contributed by atoms with Crippen molar-refractivity contribution < 1.29 is 35.2 Å². The molecule has 1 spiro atoms.